The fraction of sp³-hybridized carbons (Fsp3) is 0.500. The maximum atomic E-state index is 11.7. The number of alkyl halides is 1. The van der Waals surface area contributed by atoms with Crippen LogP contribution in [0.4, 0.5) is 0 Å². The summed E-state index contributed by atoms with van der Waals surface area (Å²) in [4.78, 5) is 15.7. The van der Waals surface area contributed by atoms with Gasteiger partial charge in [-0.1, -0.05) is 6.92 Å². The Morgan fingerprint density at radius 1 is 1.59 bits per heavy atom. The van der Waals surface area contributed by atoms with Crippen molar-refractivity contribution in [2.75, 3.05) is 12.4 Å². The van der Waals surface area contributed by atoms with Gasteiger partial charge in [-0.05, 0) is 46.8 Å². The molecule has 0 aliphatic rings. The van der Waals surface area contributed by atoms with Gasteiger partial charge in [-0.3, -0.25) is 4.79 Å². The van der Waals surface area contributed by atoms with E-state index in [1.165, 1.54) is 0 Å². The molecular weight excluding hydrogens is 304 g/mol. The number of amides is 1. The highest BCUT2D eigenvalue weighted by atomic mass is 79.9. The van der Waals surface area contributed by atoms with Crippen molar-refractivity contribution in [1.29, 1.82) is 0 Å². The van der Waals surface area contributed by atoms with Crippen molar-refractivity contribution in [3.63, 3.8) is 0 Å². The topological polar surface area (TPSA) is 42.0 Å². The zero-order chi connectivity index (χ0) is 12.7. The number of rotatable bonds is 6. The Hall–Kier alpha value is -0.610. The SMILES string of the molecule is CC(CCl)CCCNC(=O)c1ccc(Br)cn1. The Kier molecular flexibility index (Phi) is 6.52. The van der Waals surface area contributed by atoms with Crippen LogP contribution in [-0.2, 0) is 0 Å². The molecule has 94 valence electrons. The lowest BCUT2D eigenvalue weighted by molar-refractivity contribution is 0.0947. The van der Waals surface area contributed by atoms with Gasteiger partial charge in [-0.2, -0.15) is 0 Å². The van der Waals surface area contributed by atoms with Crippen molar-refractivity contribution >= 4 is 33.4 Å². The maximum absolute atomic E-state index is 11.7. The second-order valence-corrected chi connectivity index (χ2v) is 5.24. The molecule has 0 fully saturated rings. The average Bonchev–Trinajstić information content (AvgIpc) is 2.34. The lowest BCUT2D eigenvalue weighted by Gasteiger charge is -2.07. The molecule has 1 amide bonds. The van der Waals surface area contributed by atoms with E-state index in [1.807, 2.05) is 0 Å². The maximum Gasteiger partial charge on any atom is 0.269 e. The molecule has 1 aromatic rings. The first-order valence-electron chi connectivity index (χ1n) is 5.59. The zero-order valence-electron chi connectivity index (χ0n) is 9.75. The summed E-state index contributed by atoms with van der Waals surface area (Å²) in [7, 11) is 0. The lowest BCUT2D eigenvalue weighted by atomic mass is 10.1. The molecule has 1 aromatic heterocycles. The molecular formula is C12H16BrClN2O. The van der Waals surface area contributed by atoms with Gasteiger partial charge >= 0.3 is 0 Å². The number of pyridine rings is 1. The third kappa shape index (κ3) is 5.50. The third-order valence-electron chi connectivity index (χ3n) is 2.38. The molecule has 0 saturated heterocycles. The quantitative estimate of drug-likeness (QED) is 0.646. The fourth-order valence-electron chi connectivity index (χ4n) is 1.33. The van der Waals surface area contributed by atoms with Crippen LogP contribution >= 0.6 is 27.5 Å². The Labute approximate surface area is 115 Å². The Morgan fingerprint density at radius 3 is 2.94 bits per heavy atom. The number of nitrogens with one attached hydrogen (secondary N) is 1. The van der Waals surface area contributed by atoms with E-state index >= 15 is 0 Å². The normalized spacial score (nSPS) is 12.2. The van der Waals surface area contributed by atoms with Crippen LogP contribution in [0.5, 0.6) is 0 Å². The number of nitrogens with zero attached hydrogens (tertiary/aromatic N) is 1. The van der Waals surface area contributed by atoms with E-state index in [0.717, 1.165) is 17.3 Å². The van der Waals surface area contributed by atoms with Crippen LogP contribution < -0.4 is 5.32 Å². The Bertz CT molecular complexity index is 356. The molecule has 0 aliphatic heterocycles. The molecule has 3 nitrogen and oxygen atoms in total. The van der Waals surface area contributed by atoms with Crippen molar-refractivity contribution in [2.45, 2.75) is 19.8 Å². The zero-order valence-corrected chi connectivity index (χ0v) is 12.1. The second kappa shape index (κ2) is 7.67. The first kappa shape index (κ1) is 14.5. The first-order chi connectivity index (χ1) is 8.13. The van der Waals surface area contributed by atoms with Crippen LogP contribution in [-0.4, -0.2) is 23.3 Å². The number of hydrogen-bond donors (Lipinski definition) is 1. The van der Waals surface area contributed by atoms with Crippen molar-refractivity contribution in [3.05, 3.63) is 28.5 Å². The van der Waals surface area contributed by atoms with E-state index in [0.29, 0.717) is 24.0 Å². The molecule has 5 heteroatoms. The molecule has 0 bridgehead atoms. The summed E-state index contributed by atoms with van der Waals surface area (Å²) in [6.07, 6.45) is 3.58. The summed E-state index contributed by atoms with van der Waals surface area (Å²) in [5.74, 6) is 1.04. The van der Waals surface area contributed by atoms with Gasteiger partial charge in [-0.25, -0.2) is 4.98 Å². The van der Waals surface area contributed by atoms with Crippen LogP contribution in [0.1, 0.15) is 30.3 Å². The van der Waals surface area contributed by atoms with E-state index in [4.69, 9.17) is 11.6 Å². The number of aromatic nitrogens is 1. The lowest BCUT2D eigenvalue weighted by Crippen LogP contribution is -2.25. The minimum Gasteiger partial charge on any atom is -0.351 e. The van der Waals surface area contributed by atoms with E-state index in [9.17, 15) is 4.79 Å². The van der Waals surface area contributed by atoms with Crippen LogP contribution in [0.25, 0.3) is 0 Å². The van der Waals surface area contributed by atoms with Gasteiger partial charge in [0.2, 0.25) is 0 Å². The van der Waals surface area contributed by atoms with E-state index < -0.39 is 0 Å². The molecule has 1 unspecified atom stereocenters. The third-order valence-corrected chi connectivity index (χ3v) is 3.38. The Balaban J connectivity index is 2.28. The van der Waals surface area contributed by atoms with Gasteiger partial charge in [-0.15, -0.1) is 11.6 Å². The van der Waals surface area contributed by atoms with Crippen molar-refractivity contribution < 1.29 is 4.79 Å². The summed E-state index contributed by atoms with van der Waals surface area (Å²) in [6.45, 7) is 2.77. The smallest absolute Gasteiger partial charge is 0.269 e. The number of carbonyl (C=O) groups excluding carboxylic acids is 1. The highest BCUT2D eigenvalue weighted by Gasteiger charge is 2.06. The molecule has 1 atom stereocenters. The first-order valence-corrected chi connectivity index (χ1v) is 6.92. The summed E-state index contributed by atoms with van der Waals surface area (Å²) in [5.41, 5.74) is 0.443. The summed E-state index contributed by atoms with van der Waals surface area (Å²) < 4.78 is 0.866. The van der Waals surface area contributed by atoms with Gasteiger partial charge in [0.05, 0.1) is 0 Å². The highest BCUT2D eigenvalue weighted by Crippen LogP contribution is 2.08. The second-order valence-electron chi connectivity index (χ2n) is 4.02. The molecule has 17 heavy (non-hydrogen) atoms. The van der Waals surface area contributed by atoms with Crippen LogP contribution in [0.15, 0.2) is 22.8 Å². The predicted molar refractivity (Wildman–Crippen MR) is 73.4 cm³/mol. The predicted octanol–water partition coefficient (Wildman–Crippen LogP) is 3.23. The van der Waals surface area contributed by atoms with Gasteiger partial charge in [0.15, 0.2) is 0 Å². The molecule has 0 saturated carbocycles. The molecule has 1 heterocycles. The van der Waals surface area contributed by atoms with Crippen molar-refractivity contribution in [3.8, 4) is 0 Å². The van der Waals surface area contributed by atoms with E-state index in [-0.39, 0.29) is 5.91 Å². The van der Waals surface area contributed by atoms with Crippen molar-refractivity contribution in [2.24, 2.45) is 5.92 Å². The number of carbonyl (C=O) groups is 1. The molecule has 0 aromatic carbocycles. The minimum atomic E-state index is -0.129. The van der Waals surface area contributed by atoms with E-state index in [2.05, 4.69) is 33.2 Å². The number of hydrogen-bond acceptors (Lipinski definition) is 2. The molecule has 0 spiro atoms. The summed E-state index contributed by atoms with van der Waals surface area (Å²) >= 11 is 8.98. The monoisotopic (exact) mass is 318 g/mol. The van der Waals surface area contributed by atoms with Gasteiger partial charge in [0, 0.05) is 23.1 Å². The largest absolute Gasteiger partial charge is 0.351 e. The fourth-order valence-corrected chi connectivity index (χ4v) is 1.72. The Morgan fingerprint density at radius 2 is 2.35 bits per heavy atom. The standard InChI is InChI=1S/C12H16BrClN2O/c1-9(7-14)3-2-6-15-12(17)11-5-4-10(13)8-16-11/h4-5,8-9H,2-3,6-7H2,1H3,(H,15,17). The summed E-state index contributed by atoms with van der Waals surface area (Å²) in [6, 6.07) is 3.50. The minimum absolute atomic E-state index is 0.129. The number of halogens is 2. The van der Waals surface area contributed by atoms with Crippen LogP contribution in [0.2, 0.25) is 0 Å². The molecule has 1 rings (SSSR count). The van der Waals surface area contributed by atoms with Crippen LogP contribution in [0, 0.1) is 5.92 Å². The van der Waals surface area contributed by atoms with Crippen LogP contribution in [0.3, 0.4) is 0 Å². The molecule has 1 N–H and O–H groups in total. The van der Waals surface area contributed by atoms with Crippen molar-refractivity contribution in [1.82, 2.24) is 10.3 Å². The van der Waals surface area contributed by atoms with Gasteiger partial charge < -0.3 is 5.32 Å². The molecule has 0 radical (unpaired) electrons. The van der Waals surface area contributed by atoms with E-state index in [1.54, 1.807) is 18.3 Å². The van der Waals surface area contributed by atoms with Gasteiger partial charge in [0.1, 0.15) is 5.69 Å². The van der Waals surface area contributed by atoms with Gasteiger partial charge in [0.25, 0.3) is 5.91 Å². The molecule has 0 aliphatic carbocycles. The highest BCUT2D eigenvalue weighted by molar-refractivity contribution is 9.10. The summed E-state index contributed by atoms with van der Waals surface area (Å²) in [5, 5.41) is 2.84. The average molecular weight is 320 g/mol.